The summed E-state index contributed by atoms with van der Waals surface area (Å²) >= 11 is 0. The normalized spacial score (nSPS) is 11.3. The molecule has 4 aromatic rings. The molecule has 2 heterocycles. The molecule has 0 N–H and O–H groups in total. The summed E-state index contributed by atoms with van der Waals surface area (Å²) < 4.78 is 38.3. The Kier molecular flexibility index (Phi) is 6.13. The smallest absolute Gasteiger partial charge is 0.264 e. The molecule has 7 nitrogen and oxygen atoms in total. The maximum Gasteiger partial charge on any atom is 0.264 e. The maximum absolute atomic E-state index is 13.4. The predicted octanol–water partition coefficient (Wildman–Crippen LogP) is 4.54. The average Bonchev–Trinajstić information content (AvgIpc) is 3.53. The second-order valence-electron chi connectivity index (χ2n) is 7.16. The van der Waals surface area contributed by atoms with E-state index in [1.54, 1.807) is 65.6 Å². The topological polar surface area (TPSA) is 84.0 Å². The van der Waals surface area contributed by atoms with E-state index in [0.29, 0.717) is 17.2 Å². The van der Waals surface area contributed by atoms with Crippen molar-refractivity contribution < 1.29 is 22.0 Å². The van der Waals surface area contributed by atoms with E-state index < -0.39 is 10.0 Å². The van der Waals surface area contributed by atoms with Crippen LogP contribution >= 0.6 is 0 Å². The zero-order valence-corrected chi connectivity index (χ0v) is 18.2. The van der Waals surface area contributed by atoms with Gasteiger partial charge in [-0.3, -0.25) is 9.10 Å². The minimum Gasteiger partial charge on any atom is -0.467 e. The second kappa shape index (κ2) is 9.15. The Hall–Kier alpha value is -3.78. The summed E-state index contributed by atoms with van der Waals surface area (Å²) in [7, 11) is -2.36. The molecule has 0 saturated carbocycles. The highest BCUT2D eigenvalue weighted by molar-refractivity contribution is 7.92. The van der Waals surface area contributed by atoms with E-state index in [9.17, 15) is 13.2 Å². The van der Waals surface area contributed by atoms with Crippen molar-refractivity contribution in [3.63, 3.8) is 0 Å². The Morgan fingerprint density at radius 2 is 1.44 bits per heavy atom. The van der Waals surface area contributed by atoms with Gasteiger partial charge in [0.1, 0.15) is 11.5 Å². The van der Waals surface area contributed by atoms with Gasteiger partial charge in [-0.2, -0.15) is 0 Å². The van der Waals surface area contributed by atoms with Crippen molar-refractivity contribution in [1.29, 1.82) is 0 Å². The lowest BCUT2D eigenvalue weighted by Gasteiger charge is -2.22. The van der Waals surface area contributed by atoms with E-state index in [2.05, 4.69) is 0 Å². The third kappa shape index (κ3) is 4.60. The molecule has 0 aliphatic rings. The van der Waals surface area contributed by atoms with Crippen molar-refractivity contribution >= 4 is 21.6 Å². The number of carbonyl (C=O) groups is 1. The van der Waals surface area contributed by atoms with Crippen molar-refractivity contribution in [2.24, 2.45) is 0 Å². The Labute approximate surface area is 186 Å². The van der Waals surface area contributed by atoms with E-state index in [1.165, 1.54) is 36.0 Å². The first kappa shape index (κ1) is 21.5. The standard InChI is InChI=1S/C24H22N2O5S/c1-25(20-9-3-2-4-10-20)32(28,29)23-13-5-8-19(16-23)24(27)26(17-21-11-6-14-30-21)18-22-12-7-15-31-22/h2-16H,17-18H2,1H3. The number of para-hydroxylation sites is 1. The van der Waals surface area contributed by atoms with Gasteiger partial charge in [0, 0.05) is 12.6 Å². The number of amides is 1. The Morgan fingerprint density at radius 3 is 2.00 bits per heavy atom. The number of benzene rings is 2. The number of nitrogens with zero attached hydrogens (tertiary/aromatic N) is 2. The molecule has 4 rings (SSSR count). The van der Waals surface area contributed by atoms with E-state index in [1.807, 2.05) is 6.07 Å². The van der Waals surface area contributed by atoms with Crippen molar-refractivity contribution in [2.75, 3.05) is 11.4 Å². The van der Waals surface area contributed by atoms with Crippen LogP contribution in [0.2, 0.25) is 0 Å². The van der Waals surface area contributed by atoms with E-state index in [-0.39, 0.29) is 29.5 Å². The van der Waals surface area contributed by atoms with Crippen LogP contribution in [0.3, 0.4) is 0 Å². The number of carbonyl (C=O) groups excluding carboxylic acids is 1. The number of rotatable bonds is 8. The molecule has 32 heavy (non-hydrogen) atoms. The molecular weight excluding hydrogens is 428 g/mol. The molecule has 0 aliphatic heterocycles. The summed E-state index contributed by atoms with van der Waals surface area (Å²) in [6, 6.07) is 21.9. The first-order chi connectivity index (χ1) is 15.4. The molecule has 0 radical (unpaired) electrons. The summed E-state index contributed by atoms with van der Waals surface area (Å²) in [6.07, 6.45) is 3.08. The van der Waals surface area contributed by atoms with Gasteiger partial charge in [-0.05, 0) is 54.6 Å². The lowest BCUT2D eigenvalue weighted by molar-refractivity contribution is 0.0704. The van der Waals surface area contributed by atoms with E-state index >= 15 is 0 Å². The first-order valence-corrected chi connectivity index (χ1v) is 11.4. The summed E-state index contributed by atoms with van der Waals surface area (Å²) in [5.41, 5.74) is 0.784. The minimum atomic E-state index is -3.85. The van der Waals surface area contributed by atoms with Crippen LogP contribution < -0.4 is 4.31 Å². The first-order valence-electron chi connectivity index (χ1n) is 9.93. The summed E-state index contributed by atoms with van der Waals surface area (Å²) in [6.45, 7) is 0.431. The average molecular weight is 451 g/mol. The van der Waals surface area contributed by atoms with Gasteiger partial charge in [-0.1, -0.05) is 24.3 Å². The van der Waals surface area contributed by atoms with E-state index in [4.69, 9.17) is 8.83 Å². The van der Waals surface area contributed by atoms with Crippen LogP contribution in [0.1, 0.15) is 21.9 Å². The second-order valence-corrected chi connectivity index (χ2v) is 9.13. The van der Waals surface area contributed by atoms with Gasteiger partial charge >= 0.3 is 0 Å². The molecule has 0 unspecified atom stereocenters. The highest BCUT2D eigenvalue weighted by atomic mass is 32.2. The fourth-order valence-corrected chi connectivity index (χ4v) is 4.53. The summed E-state index contributed by atoms with van der Waals surface area (Å²) in [5, 5.41) is 0. The lowest BCUT2D eigenvalue weighted by atomic mass is 10.2. The summed E-state index contributed by atoms with van der Waals surface area (Å²) in [5.74, 6) is 0.882. The monoisotopic (exact) mass is 450 g/mol. The van der Waals surface area contributed by atoms with Gasteiger partial charge in [0.15, 0.2) is 0 Å². The fourth-order valence-electron chi connectivity index (χ4n) is 3.29. The molecule has 0 atom stereocenters. The number of anilines is 1. The largest absolute Gasteiger partial charge is 0.467 e. The maximum atomic E-state index is 13.4. The lowest BCUT2D eigenvalue weighted by Crippen LogP contribution is -2.30. The van der Waals surface area contributed by atoms with Crippen LogP contribution in [0.4, 0.5) is 5.69 Å². The molecule has 0 bridgehead atoms. The Balaban J connectivity index is 1.63. The molecule has 164 valence electrons. The number of furan rings is 2. The van der Waals surface area contributed by atoms with Gasteiger partial charge in [-0.15, -0.1) is 0 Å². The third-order valence-electron chi connectivity index (χ3n) is 5.00. The SMILES string of the molecule is CN(c1ccccc1)S(=O)(=O)c1cccc(C(=O)N(Cc2ccco2)Cc2ccco2)c1. The molecular formula is C24H22N2O5S. The zero-order valence-electron chi connectivity index (χ0n) is 17.4. The van der Waals surface area contributed by atoms with Crippen molar-refractivity contribution in [2.45, 2.75) is 18.0 Å². The van der Waals surface area contributed by atoms with Crippen LogP contribution in [0.5, 0.6) is 0 Å². The molecule has 1 amide bonds. The summed E-state index contributed by atoms with van der Waals surface area (Å²) in [4.78, 5) is 14.9. The number of hydrogen-bond donors (Lipinski definition) is 0. The van der Waals surface area contributed by atoms with Gasteiger partial charge in [0.05, 0.1) is 36.2 Å². The Morgan fingerprint density at radius 1 is 0.812 bits per heavy atom. The number of sulfonamides is 1. The van der Waals surface area contributed by atoms with Gasteiger partial charge in [-0.25, -0.2) is 8.42 Å². The highest BCUT2D eigenvalue weighted by Gasteiger charge is 2.24. The zero-order chi connectivity index (χ0) is 22.6. The predicted molar refractivity (Wildman–Crippen MR) is 119 cm³/mol. The van der Waals surface area contributed by atoms with Crippen molar-refractivity contribution in [3.8, 4) is 0 Å². The molecule has 2 aromatic carbocycles. The van der Waals surface area contributed by atoms with Gasteiger partial charge in [0.2, 0.25) is 0 Å². The third-order valence-corrected chi connectivity index (χ3v) is 6.78. The van der Waals surface area contributed by atoms with Crippen LogP contribution in [-0.2, 0) is 23.1 Å². The van der Waals surface area contributed by atoms with Gasteiger partial charge in [0.25, 0.3) is 15.9 Å². The molecule has 2 aromatic heterocycles. The molecule has 0 spiro atoms. The molecule has 0 saturated heterocycles. The fraction of sp³-hybridized carbons (Fsp3) is 0.125. The molecule has 0 fully saturated rings. The van der Waals surface area contributed by atoms with Crippen LogP contribution in [0.25, 0.3) is 0 Å². The molecule has 0 aliphatic carbocycles. The molecule has 8 heteroatoms. The van der Waals surface area contributed by atoms with Crippen molar-refractivity contribution in [1.82, 2.24) is 4.90 Å². The number of hydrogen-bond acceptors (Lipinski definition) is 5. The van der Waals surface area contributed by atoms with Crippen molar-refractivity contribution in [3.05, 3.63) is 108 Å². The van der Waals surface area contributed by atoms with Crippen LogP contribution in [0.15, 0.2) is 105 Å². The van der Waals surface area contributed by atoms with E-state index in [0.717, 1.165) is 0 Å². The van der Waals surface area contributed by atoms with Crippen LogP contribution in [0, 0.1) is 0 Å². The quantitative estimate of drug-likeness (QED) is 0.394. The Bertz CT molecular complexity index is 1230. The van der Waals surface area contributed by atoms with Crippen LogP contribution in [-0.4, -0.2) is 26.3 Å². The minimum absolute atomic E-state index is 0.0330. The van der Waals surface area contributed by atoms with Gasteiger partial charge < -0.3 is 13.7 Å². The highest BCUT2D eigenvalue weighted by Crippen LogP contribution is 2.23.